The van der Waals surface area contributed by atoms with Crippen LogP contribution in [0.3, 0.4) is 0 Å². The summed E-state index contributed by atoms with van der Waals surface area (Å²) in [5.41, 5.74) is 1.81. The average molecular weight is 228 g/mol. The number of rotatable bonds is 4. The number of alkyl halides is 2. The van der Waals surface area contributed by atoms with Gasteiger partial charge in [0, 0.05) is 26.3 Å². The van der Waals surface area contributed by atoms with Crippen molar-refractivity contribution in [2.45, 2.75) is 13.0 Å². The lowest BCUT2D eigenvalue weighted by molar-refractivity contribution is -0.131. The number of nitrogens with one attached hydrogen (secondary N) is 1. The van der Waals surface area contributed by atoms with Crippen molar-refractivity contribution in [2.75, 3.05) is 19.0 Å². The molecule has 0 bridgehead atoms. The van der Waals surface area contributed by atoms with E-state index in [1.54, 1.807) is 12.1 Å². The van der Waals surface area contributed by atoms with E-state index in [2.05, 4.69) is 5.32 Å². The zero-order chi connectivity index (χ0) is 12.1. The van der Waals surface area contributed by atoms with Crippen LogP contribution in [-0.4, -0.2) is 26.4 Å². The van der Waals surface area contributed by atoms with Crippen LogP contribution in [0.4, 0.5) is 14.5 Å². The molecule has 0 radical (unpaired) electrons. The Hall–Kier alpha value is -1.65. The van der Waals surface area contributed by atoms with Crippen molar-refractivity contribution in [1.29, 1.82) is 0 Å². The Morgan fingerprint density at radius 1 is 1.31 bits per heavy atom. The number of hydrogen-bond donors (Lipinski definition) is 1. The van der Waals surface area contributed by atoms with Crippen LogP contribution in [0, 0.1) is 0 Å². The molecule has 0 aliphatic carbocycles. The second-order valence-electron chi connectivity index (χ2n) is 3.58. The van der Waals surface area contributed by atoms with Crippen molar-refractivity contribution in [3.8, 4) is 0 Å². The molecule has 0 saturated heterocycles. The summed E-state index contributed by atoms with van der Waals surface area (Å²) in [4.78, 5) is 12.6. The largest absolute Gasteiger partial charge is 0.378 e. The number of amides is 1. The maximum Gasteiger partial charge on any atom is 0.315 e. The minimum atomic E-state index is -2.96. The van der Waals surface area contributed by atoms with Crippen molar-refractivity contribution in [3.05, 3.63) is 29.8 Å². The molecular weight excluding hydrogens is 214 g/mol. The van der Waals surface area contributed by atoms with Crippen molar-refractivity contribution >= 4 is 11.6 Å². The molecule has 0 heterocycles. The summed E-state index contributed by atoms with van der Waals surface area (Å²) in [6.07, 6.45) is -2.96. The highest BCUT2D eigenvalue weighted by Crippen LogP contribution is 2.11. The lowest BCUT2D eigenvalue weighted by Gasteiger charge is -2.12. The Balaban J connectivity index is 2.53. The Kier molecular flexibility index (Phi) is 4.22. The molecule has 1 aromatic rings. The molecule has 0 fully saturated rings. The number of anilines is 1. The first kappa shape index (κ1) is 12.4. The Morgan fingerprint density at radius 3 is 2.31 bits per heavy atom. The van der Waals surface area contributed by atoms with Crippen LogP contribution < -0.4 is 10.2 Å². The summed E-state index contributed by atoms with van der Waals surface area (Å²) in [6, 6.07) is 7.32. The maximum atomic E-state index is 11.9. The molecule has 5 heteroatoms. The van der Waals surface area contributed by atoms with Gasteiger partial charge in [0.2, 0.25) is 0 Å². The van der Waals surface area contributed by atoms with Gasteiger partial charge in [-0.15, -0.1) is 0 Å². The smallest absolute Gasteiger partial charge is 0.315 e. The van der Waals surface area contributed by atoms with Gasteiger partial charge < -0.3 is 10.2 Å². The molecule has 1 aromatic carbocycles. The molecule has 1 rings (SSSR count). The molecule has 1 N–H and O–H groups in total. The number of halogens is 2. The fourth-order valence-corrected chi connectivity index (χ4v) is 1.18. The standard InChI is InChI=1S/C11H14F2N2O/c1-15(2)9-5-3-8(4-6-9)7-14-11(16)10(12)13/h3-6,10H,7H2,1-2H3,(H,14,16). The van der Waals surface area contributed by atoms with E-state index >= 15 is 0 Å². The van der Waals surface area contributed by atoms with Crippen LogP contribution in [0.15, 0.2) is 24.3 Å². The van der Waals surface area contributed by atoms with Gasteiger partial charge in [0.1, 0.15) is 0 Å². The Bertz CT molecular complexity index is 350. The van der Waals surface area contributed by atoms with Gasteiger partial charge in [0.05, 0.1) is 0 Å². The molecule has 1 amide bonds. The summed E-state index contributed by atoms with van der Waals surface area (Å²) < 4.78 is 23.8. The zero-order valence-corrected chi connectivity index (χ0v) is 9.21. The number of carbonyl (C=O) groups excluding carboxylic acids is 1. The molecule has 0 saturated carbocycles. The predicted molar refractivity (Wildman–Crippen MR) is 58.6 cm³/mol. The first-order valence-corrected chi connectivity index (χ1v) is 4.83. The molecule has 88 valence electrons. The van der Waals surface area contributed by atoms with Crippen molar-refractivity contribution in [2.24, 2.45) is 0 Å². The lowest BCUT2D eigenvalue weighted by atomic mass is 10.2. The molecule has 16 heavy (non-hydrogen) atoms. The van der Waals surface area contributed by atoms with Gasteiger partial charge in [-0.05, 0) is 17.7 Å². The average Bonchev–Trinajstić information content (AvgIpc) is 2.26. The van der Waals surface area contributed by atoms with Crippen LogP contribution in [0.25, 0.3) is 0 Å². The molecule has 0 aliphatic rings. The van der Waals surface area contributed by atoms with Crippen LogP contribution in [0.5, 0.6) is 0 Å². The zero-order valence-electron chi connectivity index (χ0n) is 9.21. The maximum absolute atomic E-state index is 11.9. The normalized spacial score (nSPS) is 10.3. The Morgan fingerprint density at radius 2 is 1.88 bits per heavy atom. The summed E-state index contributed by atoms with van der Waals surface area (Å²) in [6.45, 7) is 0.122. The highest BCUT2D eigenvalue weighted by atomic mass is 19.3. The van der Waals surface area contributed by atoms with E-state index in [4.69, 9.17) is 0 Å². The first-order valence-electron chi connectivity index (χ1n) is 4.83. The van der Waals surface area contributed by atoms with Gasteiger partial charge in [-0.1, -0.05) is 12.1 Å². The Labute approximate surface area is 93.1 Å². The number of hydrogen-bond acceptors (Lipinski definition) is 2. The molecular formula is C11H14F2N2O. The molecule has 0 aliphatic heterocycles. The minimum absolute atomic E-state index is 0.122. The van der Waals surface area contributed by atoms with Crippen molar-refractivity contribution < 1.29 is 13.6 Å². The molecule has 0 aromatic heterocycles. The van der Waals surface area contributed by atoms with Crippen LogP contribution in [0.2, 0.25) is 0 Å². The van der Waals surface area contributed by atoms with Gasteiger partial charge in [-0.2, -0.15) is 8.78 Å². The molecule has 0 atom stereocenters. The highest BCUT2D eigenvalue weighted by molar-refractivity contribution is 5.79. The summed E-state index contributed by atoms with van der Waals surface area (Å²) >= 11 is 0. The van der Waals surface area contributed by atoms with Crippen LogP contribution in [-0.2, 0) is 11.3 Å². The van der Waals surface area contributed by atoms with Crippen LogP contribution >= 0.6 is 0 Å². The second-order valence-corrected chi connectivity index (χ2v) is 3.58. The second kappa shape index (κ2) is 5.44. The lowest BCUT2D eigenvalue weighted by Crippen LogP contribution is -2.28. The van der Waals surface area contributed by atoms with Crippen molar-refractivity contribution in [1.82, 2.24) is 5.32 Å². The molecule has 0 spiro atoms. The van der Waals surface area contributed by atoms with E-state index in [0.717, 1.165) is 11.3 Å². The van der Waals surface area contributed by atoms with E-state index in [0.29, 0.717) is 0 Å². The fourth-order valence-electron chi connectivity index (χ4n) is 1.18. The number of benzene rings is 1. The monoisotopic (exact) mass is 228 g/mol. The quantitative estimate of drug-likeness (QED) is 0.849. The SMILES string of the molecule is CN(C)c1ccc(CNC(=O)C(F)F)cc1. The summed E-state index contributed by atoms with van der Waals surface area (Å²) in [7, 11) is 3.82. The molecule has 0 unspecified atom stereocenters. The van der Waals surface area contributed by atoms with Gasteiger partial charge in [-0.3, -0.25) is 4.79 Å². The van der Waals surface area contributed by atoms with Gasteiger partial charge in [0.15, 0.2) is 0 Å². The van der Waals surface area contributed by atoms with E-state index in [1.807, 2.05) is 31.1 Å². The highest BCUT2D eigenvalue weighted by Gasteiger charge is 2.13. The number of carbonyl (C=O) groups is 1. The molecule has 3 nitrogen and oxygen atoms in total. The van der Waals surface area contributed by atoms with E-state index in [1.165, 1.54) is 0 Å². The third-order valence-electron chi connectivity index (χ3n) is 2.12. The number of nitrogens with zero attached hydrogens (tertiary/aromatic N) is 1. The van der Waals surface area contributed by atoms with E-state index in [9.17, 15) is 13.6 Å². The van der Waals surface area contributed by atoms with Crippen LogP contribution in [0.1, 0.15) is 5.56 Å². The van der Waals surface area contributed by atoms with E-state index < -0.39 is 12.3 Å². The summed E-state index contributed by atoms with van der Waals surface area (Å²) in [5, 5.41) is 2.14. The van der Waals surface area contributed by atoms with Gasteiger partial charge in [-0.25, -0.2) is 0 Å². The summed E-state index contributed by atoms with van der Waals surface area (Å²) in [5.74, 6) is -1.24. The first-order chi connectivity index (χ1) is 7.50. The third kappa shape index (κ3) is 3.49. The topological polar surface area (TPSA) is 32.3 Å². The van der Waals surface area contributed by atoms with Crippen molar-refractivity contribution in [3.63, 3.8) is 0 Å². The van der Waals surface area contributed by atoms with E-state index in [-0.39, 0.29) is 6.54 Å². The van der Waals surface area contributed by atoms with Gasteiger partial charge >= 0.3 is 6.43 Å². The van der Waals surface area contributed by atoms with Gasteiger partial charge in [0.25, 0.3) is 5.91 Å². The minimum Gasteiger partial charge on any atom is -0.378 e. The predicted octanol–water partition coefficient (Wildman–Crippen LogP) is 1.63. The fraction of sp³-hybridized carbons (Fsp3) is 0.364. The third-order valence-corrected chi connectivity index (χ3v) is 2.12.